The lowest BCUT2D eigenvalue weighted by Crippen LogP contribution is -2.65. The van der Waals surface area contributed by atoms with Crippen molar-refractivity contribution < 1.29 is 82.8 Å². The first-order valence-electron chi connectivity index (χ1n) is 31.6. The van der Waals surface area contributed by atoms with E-state index < -0.39 is 94.4 Å². The van der Waals surface area contributed by atoms with E-state index in [9.17, 15) is 60.5 Å². The Labute approximate surface area is 512 Å². The van der Waals surface area contributed by atoms with Gasteiger partial charge >= 0.3 is 30.3 Å². The number of halogens is 10. The highest BCUT2D eigenvalue weighted by Gasteiger charge is 2.80. The molecule has 6 fully saturated rings. The van der Waals surface area contributed by atoms with E-state index in [0.717, 1.165) is 58.3 Å². The lowest BCUT2D eigenvalue weighted by Gasteiger charge is -2.56. The molecular formula is C68H79F10N3O8. The Morgan fingerprint density at radius 1 is 0.506 bits per heavy atom. The molecule has 4 saturated carbocycles. The topological polar surface area (TPSA) is 145 Å². The van der Waals surface area contributed by atoms with Crippen molar-refractivity contribution in [3.8, 4) is 0 Å². The first kappa shape index (κ1) is 64.7. The molecule has 11 nitrogen and oxygen atoms in total. The van der Waals surface area contributed by atoms with Crippen molar-refractivity contribution in [2.24, 2.45) is 34.5 Å². The summed E-state index contributed by atoms with van der Waals surface area (Å²) >= 11 is 0. The number of amides is 3. The third kappa shape index (κ3) is 10.8. The van der Waals surface area contributed by atoms with Crippen LogP contribution in [0.1, 0.15) is 187 Å². The van der Waals surface area contributed by atoms with Crippen molar-refractivity contribution in [2.75, 3.05) is 39.3 Å². The van der Waals surface area contributed by atoms with Crippen LogP contribution in [0, 0.1) is 34.5 Å². The van der Waals surface area contributed by atoms with Gasteiger partial charge in [0.15, 0.2) is 11.6 Å². The number of rotatable bonds is 6. The van der Waals surface area contributed by atoms with Gasteiger partial charge in [-0.3, -0.25) is 19.2 Å². The molecule has 0 radical (unpaired) electrons. The Morgan fingerprint density at radius 3 is 1.25 bits per heavy atom. The van der Waals surface area contributed by atoms with E-state index >= 15 is 17.6 Å². The van der Waals surface area contributed by atoms with Crippen LogP contribution in [0.3, 0.4) is 0 Å². The van der Waals surface area contributed by atoms with Gasteiger partial charge in [0.05, 0.1) is 0 Å². The molecule has 2 N–H and O–H groups in total. The van der Waals surface area contributed by atoms with Crippen LogP contribution in [0.4, 0.5) is 48.7 Å². The number of allylic oxidation sites excluding steroid dienone is 8. The van der Waals surface area contributed by atoms with Crippen LogP contribution in [0.2, 0.25) is 0 Å². The summed E-state index contributed by atoms with van der Waals surface area (Å²) < 4.78 is 149. The number of carbonyl (C=O) groups excluding carboxylic acids is 5. The fourth-order valence-electron chi connectivity index (χ4n) is 18.0. The van der Waals surface area contributed by atoms with Crippen LogP contribution >= 0.6 is 0 Å². The van der Waals surface area contributed by atoms with Gasteiger partial charge in [-0.15, -0.1) is 0 Å². The minimum atomic E-state index is -5.92. The highest BCUT2D eigenvalue weighted by atomic mass is 19.4. The monoisotopic (exact) mass is 1260 g/mol. The molecule has 2 aromatic carbocycles. The maximum Gasteiger partial charge on any atom is 0.456 e. The van der Waals surface area contributed by atoms with E-state index in [-0.39, 0.29) is 60.9 Å². The van der Waals surface area contributed by atoms with Crippen LogP contribution in [0.15, 0.2) is 94.1 Å². The predicted molar refractivity (Wildman–Crippen MR) is 309 cm³/mol. The Balaban J connectivity index is 0.000000186. The third-order valence-corrected chi connectivity index (χ3v) is 22.5. The zero-order valence-electron chi connectivity index (χ0n) is 51.0. The molecule has 21 heteroatoms. The summed E-state index contributed by atoms with van der Waals surface area (Å²) in [5.41, 5.74) is -2.48. The molecule has 0 aromatic heterocycles. The number of benzene rings is 2. The van der Waals surface area contributed by atoms with E-state index in [1.54, 1.807) is 91.3 Å². The van der Waals surface area contributed by atoms with Gasteiger partial charge in [0.25, 0.3) is 11.8 Å². The van der Waals surface area contributed by atoms with Gasteiger partial charge in [-0.1, -0.05) is 49.3 Å². The Morgan fingerprint density at radius 2 is 0.876 bits per heavy atom. The van der Waals surface area contributed by atoms with E-state index in [0.29, 0.717) is 107 Å². The Kier molecular flexibility index (Phi) is 16.6. The molecule has 10 aliphatic rings. The van der Waals surface area contributed by atoms with Gasteiger partial charge in [0.1, 0.15) is 16.8 Å². The van der Waals surface area contributed by atoms with E-state index in [4.69, 9.17) is 4.74 Å². The minimum absolute atomic E-state index is 0.0138. The van der Waals surface area contributed by atoms with Gasteiger partial charge in [-0.2, -0.15) is 43.9 Å². The van der Waals surface area contributed by atoms with Crippen molar-refractivity contribution in [1.82, 2.24) is 14.7 Å². The van der Waals surface area contributed by atoms with Gasteiger partial charge in [0, 0.05) is 85.9 Å². The standard InChI is InChI=1S/C36H43F5N2O5.C32H36F5NO3/c1-32(2,3)48-31(46)43-17-15-42(16-18-43)30(45)22-7-5-21(6-8-22)27-20-33(4)28(13-14-34(33,47)35(37,38)36(39,40)41)26-11-9-23-19-24(44)10-12-25(23)29(26)27;1-29-18-25(19-5-7-20(8-6-19)28(40)38-15-3-2-4-16-38)27-23-12-10-22(39)17-21(23)9-11-24(27)26(29)13-14-30(29,41)31(33,34)32(35,36)37/h5-8,19,26-28,47H,9-18,20H2,1-4H3;5-8,17,24-26,41H,2-4,9-16,18H2,1H3/t26-,27+,28-,33-,34-;24-,25+,26-,29-,30-/m00/s1. The van der Waals surface area contributed by atoms with Crippen molar-refractivity contribution in [3.05, 3.63) is 116 Å². The molecule has 2 aromatic rings. The first-order chi connectivity index (χ1) is 41.6. The number of likely N-dealkylation sites (tertiary alicyclic amines) is 1. The number of carbonyl (C=O) groups is 5. The van der Waals surface area contributed by atoms with Crippen LogP contribution < -0.4 is 0 Å². The molecule has 10 atom stereocenters. The molecule has 12 rings (SSSR count). The molecule has 0 spiro atoms. The number of hydrogen-bond acceptors (Lipinski definition) is 8. The molecule has 3 amide bonds. The highest BCUT2D eigenvalue weighted by molar-refractivity contribution is 5.96. The van der Waals surface area contributed by atoms with Gasteiger partial charge in [0.2, 0.25) is 0 Å². The molecule has 89 heavy (non-hydrogen) atoms. The molecule has 0 unspecified atom stereocenters. The Hall–Kier alpha value is -5.83. The van der Waals surface area contributed by atoms with E-state index in [1.165, 1.54) is 13.8 Å². The molecule has 2 saturated heterocycles. The number of aliphatic hydroxyl groups is 2. The number of fused-ring (bicyclic) bond motifs is 8. The maximum atomic E-state index is 15.3. The summed E-state index contributed by atoms with van der Waals surface area (Å²) in [5.74, 6) is -13.7. The number of alkyl halides is 10. The highest BCUT2D eigenvalue weighted by Crippen LogP contribution is 2.73. The van der Waals surface area contributed by atoms with Crippen LogP contribution in [0.25, 0.3) is 0 Å². The second kappa shape index (κ2) is 22.8. The van der Waals surface area contributed by atoms with Gasteiger partial charge < -0.3 is 29.6 Å². The number of piperazine rings is 1. The number of hydrogen-bond donors (Lipinski definition) is 2. The smallest absolute Gasteiger partial charge is 0.444 e. The molecule has 2 aliphatic heterocycles. The normalized spacial score (nSPS) is 32.5. The van der Waals surface area contributed by atoms with Crippen molar-refractivity contribution in [1.29, 1.82) is 0 Å². The number of nitrogens with zero attached hydrogens (tertiary/aromatic N) is 3. The third-order valence-electron chi connectivity index (χ3n) is 22.5. The van der Waals surface area contributed by atoms with Crippen LogP contribution in [-0.2, 0) is 14.3 Å². The summed E-state index contributed by atoms with van der Waals surface area (Å²) in [4.78, 5) is 68.5. The SMILES string of the molecule is CC(C)(C)OC(=O)N1CCN(C(=O)c2ccc([C@H]3C[C@@]4(C)[C@@H](CC[C@@]4(O)C(F)(F)C(F)(F)F)[C@@H]4CCC5=CC(=O)CCC5=C43)cc2)CC1.C[C@]12C[C@H](c3ccc(C(=O)N4CCCCC4)cc3)C3=C4CCC(=O)C=C4CC[C@H]3[C@@H]1CC[C@@]2(O)C(F)(F)C(F)(F)F. The van der Waals surface area contributed by atoms with Crippen molar-refractivity contribution in [3.63, 3.8) is 0 Å². The minimum Gasteiger partial charge on any atom is -0.444 e. The van der Waals surface area contributed by atoms with Crippen LogP contribution in [0.5, 0.6) is 0 Å². The summed E-state index contributed by atoms with van der Waals surface area (Å²) in [5, 5.41) is 22.9. The van der Waals surface area contributed by atoms with Gasteiger partial charge in [-0.05, 0) is 211 Å². The molecule has 8 aliphatic carbocycles. The Bertz CT molecular complexity index is 3290. The second-order valence-electron chi connectivity index (χ2n) is 28.3. The molecule has 2 heterocycles. The van der Waals surface area contributed by atoms with E-state index in [1.807, 2.05) is 4.90 Å². The average molecular weight is 1260 g/mol. The second-order valence-corrected chi connectivity index (χ2v) is 28.3. The fourth-order valence-corrected chi connectivity index (χ4v) is 18.0. The average Bonchev–Trinajstić information content (AvgIpc) is 1.63. The maximum absolute atomic E-state index is 15.3. The predicted octanol–water partition coefficient (Wildman–Crippen LogP) is 14.3. The number of ketones is 2. The largest absolute Gasteiger partial charge is 0.456 e. The molecular weight excluding hydrogens is 1180 g/mol. The van der Waals surface area contributed by atoms with E-state index in [2.05, 4.69) is 0 Å². The fraction of sp³-hybridized carbons (Fsp3) is 0.632. The summed E-state index contributed by atoms with van der Waals surface area (Å²) in [7, 11) is 0. The summed E-state index contributed by atoms with van der Waals surface area (Å²) in [6, 6.07) is 13.8. The summed E-state index contributed by atoms with van der Waals surface area (Å²) in [6.45, 7) is 10.8. The number of ether oxygens (including phenoxy) is 1. The zero-order valence-corrected chi connectivity index (χ0v) is 51.0. The van der Waals surface area contributed by atoms with Crippen molar-refractivity contribution in [2.45, 2.75) is 197 Å². The first-order valence-corrected chi connectivity index (χ1v) is 31.6. The van der Waals surface area contributed by atoms with Gasteiger partial charge in [-0.25, -0.2) is 4.79 Å². The molecule has 484 valence electrons. The molecule has 0 bridgehead atoms. The quantitative estimate of drug-likeness (QED) is 0.272. The lowest BCUT2D eigenvalue weighted by molar-refractivity contribution is -0.362. The number of piperidine rings is 1. The zero-order chi connectivity index (χ0) is 64.4. The lowest BCUT2D eigenvalue weighted by atomic mass is 9.50. The van der Waals surface area contributed by atoms with Crippen LogP contribution in [-0.4, -0.2) is 135 Å². The summed E-state index contributed by atoms with van der Waals surface area (Å²) in [6.07, 6.45) is -3.57. The van der Waals surface area contributed by atoms with Crippen molar-refractivity contribution >= 4 is 29.5 Å².